The minimum atomic E-state index is 0.522. The van der Waals surface area contributed by atoms with E-state index in [1.165, 1.54) is 199 Å². The zero-order chi connectivity index (χ0) is 25.5. The van der Waals surface area contributed by atoms with E-state index in [4.69, 9.17) is 0 Å². The Hall–Kier alpha value is 0.960. The Morgan fingerprint density at radius 3 is 0.629 bits per heavy atom. The maximum absolute atomic E-state index is 3.56. The molecule has 2 heteroatoms. The van der Waals surface area contributed by atoms with Crippen LogP contribution in [-0.2, 0) is 0 Å². The molecule has 0 saturated heterocycles. The summed E-state index contributed by atoms with van der Waals surface area (Å²) in [5.74, 6) is 0. The maximum atomic E-state index is 3.56. The molecular weight excluding hydrogens is 556 g/mol. The average Bonchev–Trinajstić information content (AvgIpc) is 2.85. The summed E-state index contributed by atoms with van der Waals surface area (Å²) in [6.07, 6.45) is 45.4. The summed E-state index contributed by atoms with van der Waals surface area (Å²) < 4.78 is 0.522. The molecule has 35 heavy (non-hydrogen) atoms. The molecule has 0 aromatic heterocycles. The first kappa shape index (κ1) is 36.0. The van der Waals surface area contributed by atoms with Crippen LogP contribution in [0.15, 0.2) is 0 Å². The summed E-state index contributed by atoms with van der Waals surface area (Å²) in [6.45, 7) is 2.31. The van der Waals surface area contributed by atoms with Gasteiger partial charge in [-0.15, -0.1) is 0 Å². The second-order valence-electron chi connectivity index (χ2n) is 11.4. The monoisotopic (exact) mass is 620 g/mol. The highest BCUT2D eigenvalue weighted by molar-refractivity contribution is 9.24. The Bertz CT molecular complexity index is 355. The van der Waals surface area contributed by atoms with Crippen molar-refractivity contribution in [1.82, 2.24) is 0 Å². The Balaban J connectivity index is 3.01. The van der Waals surface area contributed by atoms with Crippen LogP contribution < -0.4 is 0 Å². The van der Waals surface area contributed by atoms with E-state index in [1.54, 1.807) is 0 Å². The van der Waals surface area contributed by atoms with Crippen LogP contribution >= 0.6 is 31.9 Å². The maximum Gasteiger partial charge on any atom is 0.0697 e. The molecule has 0 heterocycles. The van der Waals surface area contributed by atoms with Gasteiger partial charge >= 0.3 is 0 Å². The predicted molar refractivity (Wildman–Crippen MR) is 170 cm³/mol. The molecule has 0 bridgehead atoms. The van der Waals surface area contributed by atoms with Crippen molar-refractivity contribution in [2.75, 3.05) is 0 Å². The molecule has 0 aliphatic carbocycles. The lowest BCUT2D eigenvalue weighted by Gasteiger charge is -2.05. The minimum Gasteiger partial charge on any atom is -0.0765 e. The molecule has 0 rings (SSSR count). The summed E-state index contributed by atoms with van der Waals surface area (Å²) in [5, 5.41) is 0. The van der Waals surface area contributed by atoms with Gasteiger partial charge in [-0.3, -0.25) is 0 Å². The molecule has 0 aliphatic heterocycles. The number of hydrogen-bond acceptors (Lipinski definition) is 0. The highest BCUT2D eigenvalue weighted by Gasteiger charge is 1.98. The molecule has 0 saturated carbocycles. The Morgan fingerprint density at radius 1 is 0.286 bits per heavy atom. The van der Waals surface area contributed by atoms with Crippen molar-refractivity contribution in [2.45, 2.75) is 210 Å². The molecule has 0 aromatic rings. The van der Waals surface area contributed by atoms with Gasteiger partial charge in [0, 0.05) is 0 Å². The standard InChI is InChI=1S/C33H66Br2/c1-2-3-4-5-6-7-8-9-10-11-12-13-14-15-16-17-18-19-20-21-22-23-24-25-26-27-28-29-30-31-32-33(34)35/h33H,2-32H2,1H3. The van der Waals surface area contributed by atoms with Gasteiger partial charge in [-0.2, -0.15) is 0 Å². The molecule has 0 aliphatic rings. The molecule has 0 nitrogen and oxygen atoms in total. The summed E-state index contributed by atoms with van der Waals surface area (Å²) in [6, 6.07) is 0. The van der Waals surface area contributed by atoms with Crippen LogP contribution in [0.2, 0.25) is 0 Å². The quantitative estimate of drug-likeness (QED) is 0.0533. The largest absolute Gasteiger partial charge is 0.0765 e. The van der Waals surface area contributed by atoms with E-state index in [2.05, 4.69) is 38.8 Å². The van der Waals surface area contributed by atoms with Gasteiger partial charge in [-0.1, -0.05) is 231 Å². The SMILES string of the molecule is CCCCCCCCCCCCCCCCCCCCCCCCCCCCCCCCC(Br)Br. The van der Waals surface area contributed by atoms with Crippen LogP contribution in [0.3, 0.4) is 0 Å². The van der Waals surface area contributed by atoms with E-state index < -0.39 is 0 Å². The molecule has 0 aromatic carbocycles. The summed E-state index contributed by atoms with van der Waals surface area (Å²) >= 11 is 7.12. The van der Waals surface area contributed by atoms with Crippen LogP contribution in [-0.4, -0.2) is 3.74 Å². The van der Waals surface area contributed by atoms with Gasteiger partial charge < -0.3 is 0 Å². The first-order valence-electron chi connectivity index (χ1n) is 16.6. The van der Waals surface area contributed by atoms with Crippen molar-refractivity contribution >= 4 is 31.9 Å². The number of alkyl halides is 2. The lowest BCUT2D eigenvalue weighted by Crippen LogP contribution is -1.86. The van der Waals surface area contributed by atoms with Gasteiger partial charge in [0.2, 0.25) is 0 Å². The fourth-order valence-corrected chi connectivity index (χ4v) is 5.97. The molecule has 0 amide bonds. The second kappa shape index (κ2) is 33.0. The molecule has 0 atom stereocenters. The third kappa shape index (κ3) is 35.0. The van der Waals surface area contributed by atoms with Crippen molar-refractivity contribution < 1.29 is 0 Å². The zero-order valence-electron chi connectivity index (χ0n) is 24.3. The highest BCUT2D eigenvalue weighted by Crippen LogP contribution is 2.19. The molecule has 0 spiro atoms. The molecule has 212 valence electrons. The Labute approximate surface area is 240 Å². The lowest BCUT2D eigenvalue weighted by atomic mass is 10.0. The number of halogens is 2. The number of hydrogen-bond donors (Lipinski definition) is 0. The molecule has 0 unspecified atom stereocenters. The minimum absolute atomic E-state index is 0.522. The van der Waals surface area contributed by atoms with Crippen LogP contribution in [0.5, 0.6) is 0 Å². The fourth-order valence-electron chi connectivity index (χ4n) is 5.32. The molecular formula is C33H66Br2. The summed E-state index contributed by atoms with van der Waals surface area (Å²) in [7, 11) is 0. The van der Waals surface area contributed by atoms with Gasteiger partial charge in [-0.05, 0) is 6.42 Å². The van der Waals surface area contributed by atoms with Gasteiger partial charge in [0.25, 0.3) is 0 Å². The Morgan fingerprint density at radius 2 is 0.457 bits per heavy atom. The van der Waals surface area contributed by atoms with Gasteiger partial charge in [0.05, 0.1) is 3.74 Å². The van der Waals surface area contributed by atoms with Crippen LogP contribution in [0.4, 0.5) is 0 Å². The topological polar surface area (TPSA) is 0 Å². The van der Waals surface area contributed by atoms with Crippen molar-refractivity contribution in [3.05, 3.63) is 0 Å². The highest BCUT2D eigenvalue weighted by atomic mass is 79.9. The van der Waals surface area contributed by atoms with Crippen LogP contribution in [0, 0.1) is 0 Å². The number of rotatable bonds is 31. The summed E-state index contributed by atoms with van der Waals surface area (Å²) in [4.78, 5) is 0. The first-order valence-corrected chi connectivity index (χ1v) is 18.4. The number of unbranched alkanes of at least 4 members (excludes halogenated alkanes) is 29. The normalized spacial score (nSPS) is 11.7. The predicted octanol–water partition coefficient (Wildman–Crippen LogP) is 14.2. The van der Waals surface area contributed by atoms with Gasteiger partial charge in [0.1, 0.15) is 0 Å². The van der Waals surface area contributed by atoms with E-state index in [0.717, 1.165) is 0 Å². The van der Waals surface area contributed by atoms with Crippen molar-refractivity contribution in [3.8, 4) is 0 Å². The third-order valence-corrected chi connectivity index (χ3v) is 8.69. The van der Waals surface area contributed by atoms with Gasteiger partial charge in [-0.25, -0.2) is 0 Å². The molecule has 0 radical (unpaired) electrons. The van der Waals surface area contributed by atoms with E-state index in [-0.39, 0.29) is 0 Å². The van der Waals surface area contributed by atoms with Crippen molar-refractivity contribution in [2.24, 2.45) is 0 Å². The third-order valence-electron chi connectivity index (χ3n) is 7.78. The van der Waals surface area contributed by atoms with E-state index in [1.807, 2.05) is 0 Å². The summed E-state index contributed by atoms with van der Waals surface area (Å²) in [5.41, 5.74) is 0. The van der Waals surface area contributed by atoms with E-state index in [0.29, 0.717) is 3.74 Å². The van der Waals surface area contributed by atoms with Crippen LogP contribution in [0.25, 0.3) is 0 Å². The van der Waals surface area contributed by atoms with Gasteiger partial charge in [0.15, 0.2) is 0 Å². The smallest absolute Gasteiger partial charge is 0.0697 e. The van der Waals surface area contributed by atoms with E-state index >= 15 is 0 Å². The van der Waals surface area contributed by atoms with Crippen LogP contribution in [0.1, 0.15) is 206 Å². The Kier molecular flexibility index (Phi) is 33.9. The first-order chi connectivity index (χ1) is 17.3. The second-order valence-corrected chi connectivity index (χ2v) is 14.9. The fraction of sp³-hybridized carbons (Fsp3) is 1.00. The lowest BCUT2D eigenvalue weighted by molar-refractivity contribution is 0.513. The van der Waals surface area contributed by atoms with Crippen molar-refractivity contribution in [3.63, 3.8) is 0 Å². The molecule has 0 fully saturated rings. The zero-order valence-corrected chi connectivity index (χ0v) is 27.4. The average molecular weight is 623 g/mol. The van der Waals surface area contributed by atoms with Crippen molar-refractivity contribution in [1.29, 1.82) is 0 Å². The van der Waals surface area contributed by atoms with E-state index in [9.17, 15) is 0 Å². The molecule has 0 N–H and O–H groups in total.